The number of rotatable bonds is 7. The highest BCUT2D eigenvalue weighted by atomic mass is 16.6. The molecule has 19 heavy (non-hydrogen) atoms. The van der Waals surface area contributed by atoms with Crippen LogP contribution in [0.5, 0.6) is 5.75 Å². The number of methoxy groups -OCH3 is 1. The molecule has 0 spiro atoms. The molecule has 1 unspecified atom stereocenters. The number of carbonyl (C=O) groups is 1. The largest absolute Gasteiger partial charge is 0.490 e. The van der Waals surface area contributed by atoms with E-state index in [0.717, 1.165) is 0 Å². The molecule has 104 valence electrons. The van der Waals surface area contributed by atoms with Crippen molar-refractivity contribution >= 4 is 17.3 Å². The van der Waals surface area contributed by atoms with Crippen molar-refractivity contribution in [2.45, 2.75) is 13.3 Å². The van der Waals surface area contributed by atoms with E-state index >= 15 is 0 Å². The van der Waals surface area contributed by atoms with E-state index in [9.17, 15) is 14.9 Å². The third kappa shape index (κ3) is 3.84. The van der Waals surface area contributed by atoms with Crippen molar-refractivity contribution in [3.63, 3.8) is 0 Å². The maximum atomic E-state index is 10.9. The molecule has 7 heteroatoms. The summed E-state index contributed by atoms with van der Waals surface area (Å²) in [6.45, 7) is 2.05. The Morgan fingerprint density at radius 2 is 2.26 bits per heavy atom. The Bertz CT molecular complexity index is 475. The fraction of sp³-hybridized carbons (Fsp3) is 0.417. The van der Waals surface area contributed by atoms with E-state index in [1.165, 1.54) is 25.3 Å². The third-order valence-electron chi connectivity index (χ3n) is 2.77. The fourth-order valence-electron chi connectivity index (χ4n) is 1.59. The van der Waals surface area contributed by atoms with Crippen LogP contribution in [0.2, 0.25) is 0 Å². The van der Waals surface area contributed by atoms with Crippen LogP contribution in [-0.2, 0) is 4.79 Å². The van der Waals surface area contributed by atoms with Gasteiger partial charge in [0.1, 0.15) is 0 Å². The number of carboxylic acid groups (broad SMARTS) is 1. The van der Waals surface area contributed by atoms with Crippen molar-refractivity contribution in [2.75, 3.05) is 19.0 Å². The molecule has 0 amide bonds. The van der Waals surface area contributed by atoms with Gasteiger partial charge in [-0.05, 0) is 12.5 Å². The maximum Gasteiger partial charge on any atom is 0.311 e. The minimum atomic E-state index is -0.871. The molecule has 7 nitrogen and oxygen atoms in total. The van der Waals surface area contributed by atoms with Crippen molar-refractivity contribution in [3.05, 3.63) is 28.3 Å². The van der Waals surface area contributed by atoms with Gasteiger partial charge in [-0.25, -0.2) is 0 Å². The SMILES string of the molecule is CCC(CNc1ccc([N+](=O)[O-])c(OC)c1)C(=O)O. The normalized spacial score (nSPS) is 11.7. The molecule has 0 fully saturated rings. The molecule has 0 aliphatic carbocycles. The molecular weight excluding hydrogens is 252 g/mol. The molecule has 1 aromatic rings. The van der Waals surface area contributed by atoms with Crippen molar-refractivity contribution < 1.29 is 19.6 Å². The lowest BCUT2D eigenvalue weighted by Gasteiger charge is -2.12. The predicted molar refractivity (Wildman–Crippen MR) is 69.6 cm³/mol. The molecule has 0 saturated carbocycles. The molecule has 0 saturated heterocycles. The lowest BCUT2D eigenvalue weighted by atomic mass is 10.1. The van der Waals surface area contributed by atoms with Crippen molar-refractivity contribution in [1.29, 1.82) is 0 Å². The van der Waals surface area contributed by atoms with E-state index in [1.807, 2.05) is 0 Å². The Morgan fingerprint density at radius 1 is 1.58 bits per heavy atom. The van der Waals surface area contributed by atoms with Crippen LogP contribution >= 0.6 is 0 Å². The second-order valence-corrected chi connectivity index (χ2v) is 3.97. The summed E-state index contributed by atoms with van der Waals surface area (Å²) in [5.41, 5.74) is 0.459. The summed E-state index contributed by atoms with van der Waals surface area (Å²) in [4.78, 5) is 21.1. The van der Waals surface area contributed by atoms with Gasteiger partial charge in [0, 0.05) is 24.4 Å². The summed E-state index contributed by atoms with van der Waals surface area (Å²) in [6.07, 6.45) is 0.506. The van der Waals surface area contributed by atoms with Crippen molar-refractivity contribution in [3.8, 4) is 5.75 Å². The Balaban J connectivity index is 2.80. The van der Waals surface area contributed by atoms with E-state index in [-0.39, 0.29) is 18.0 Å². The topological polar surface area (TPSA) is 102 Å². The van der Waals surface area contributed by atoms with Gasteiger partial charge in [-0.3, -0.25) is 14.9 Å². The van der Waals surface area contributed by atoms with E-state index < -0.39 is 16.8 Å². The molecule has 0 radical (unpaired) electrons. The van der Waals surface area contributed by atoms with Crippen LogP contribution in [-0.4, -0.2) is 29.7 Å². The smallest absolute Gasteiger partial charge is 0.311 e. The summed E-state index contributed by atoms with van der Waals surface area (Å²) in [5.74, 6) is -1.23. The molecule has 0 aliphatic rings. The second-order valence-electron chi connectivity index (χ2n) is 3.97. The van der Waals surface area contributed by atoms with Gasteiger partial charge in [-0.2, -0.15) is 0 Å². The van der Waals surface area contributed by atoms with Crippen LogP contribution in [0.15, 0.2) is 18.2 Å². The van der Waals surface area contributed by atoms with Crippen LogP contribution < -0.4 is 10.1 Å². The summed E-state index contributed by atoms with van der Waals surface area (Å²) in [7, 11) is 1.35. The number of nitro benzene ring substituents is 1. The second kappa shape index (κ2) is 6.58. The molecule has 0 bridgehead atoms. The van der Waals surface area contributed by atoms with Crippen LogP contribution in [0, 0.1) is 16.0 Å². The van der Waals surface area contributed by atoms with Crippen molar-refractivity contribution in [2.24, 2.45) is 5.92 Å². The highest BCUT2D eigenvalue weighted by molar-refractivity contribution is 5.71. The van der Waals surface area contributed by atoms with Crippen LogP contribution in [0.3, 0.4) is 0 Å². The lowest BCUT2D eigenvalue weighted by molar-refractivity contribution is -0.385. The average Bonchev–Trinajstić information content (AvgIpc) is 2.38. The fourth-order valence-corrected chi connectivity index (χ4v) is 1.59. The Labute approximate surface area is 110 Å². The van der Waals surface area contributed by atoms with Crippen LogP contribution in [0.4, 0.5) is 11.4 Å². The Hall–Kier alpha value is -2.31. The first kappa shape index (κ1) is 14.7. The van der Waals surface area contributed by atoms with Gasteiger partial charge in [0.2, 0.25) is 0 Å². The van der Waals surface area contributed by atoms with Crippen molar-refractivity contribution in [1.82, 2.24) is 0 Å². The molecule has 1 aromatic carbocycles. The van der Waals surface area contributed by atoms with Gasteiger partial charge in [-0.1, -0.05) is 6.92 Å². The summed E-state index contributed by atoms with van der Waals surface area (Å²) in [5, 5.41) is 22.6. The minimum Gasteiger partial charge on any atom is -0.490 e. The highest BCUT2D eigenvalue weighted by Crippen LogP contribution is 2.29. The lowest BCUT2D eigenvalue weighted by Crippen LogP contribution is -2.22. The summed E-state index contributed by atoms with van der Waals surface area (Å²) < 4.78 is 4.93. The highest BCUT2D eigenvalue weighted by Gasteiger charge is 2.17. The van der Waals surface area contributed by atoms with Crippen LogP contribution in [0.25, 0.3) is 0 Å². The molecule has 1 atom stereocenters. The maximum absolute atomic E-state index is 10.9. The first-order valence-corrected chi connectivity index (χ1v) is 5.78. The van der Waals surface area contributed by atoms with E-state index in [4.69, 9.17) is 9.84 Å². The number of hydrogen-bond acceptors (Lipinski definition) is 5. The Morgan fingerprint density at radius 3 is 2.74 bits per heavy atom. The van der Waals surface area contributed by atoms with Gasteiger partial charge < -0.3 is 15.2 Å². The molecule has 2 N–H and O–H groups in total. The summed E-state index contributed by atoms with van der Waals surface area (Å²) in [6, 6.07) is 4.32. The molecule has 0 aromatic heterocycles. The van der Waals surface area contributed by atoms with E-state index in [0.29, 0.717) is 12.1 Å². The molecule has 1 rings (SSSR count). The molecule has 0 heterocycles. The predicted octanol–water partition coefficient (Wildman–Crippen LogP) is 2.13. The van der Waals surface area contributed by atoms with Gasteiger partial charge in [0.15, 0.2) is 5.75 Å². The number of benzene rings is 1. The van der Waals surface area contributed by atoms with E-state index in [2.05, 4.69) is 5.32 Å². The monoisotopic (exact) mass is 268 g/mol. The first-order valence-electron chi connectivity index (χ1n) is 5.78. The number of nitrogens with one attached hydrogen (secondary N) is 1. The number of nitrogens with zero attached hydrogens (tertiary/aromatic N) is 1. The standard InChI is InChI=1S/C12H16N2O5/c1-3-8(12(15)16)7-13-9-4-5-10(14(17)18)11(6-9)19-2/h4-6,8,13H,3,7H2,1-2H3,(H,15,16). The minimum absolute atomic E-state index is 0.127. The number of anilines is 1. The molecule has 0 aliphatic heterocycles. The van der Waals surface area contributed by atoms with Gasteiger partial charge in [-0.15, -0.1) is 0 Å². The van der Waals surface area contributed by atoms with Gasteiger partial charge >= 0.3 is 11.7 Å². The molecular formula is C12H16N2O5. The number of hydrogen-bond donors (Lipinski definition) is 2. The zero-order valence-electron chi connectivity index (χ0n) is 10.8. The van der Waals surface area contributed by atoms with Gasteiger partial charge in [0.05, 0.1) is 18.0 Å². The zero-order chi connectivity index (χ0) is 14.4. The summed E-state index contributed by atoms with van der Waals surface area (Å²) >= 11 is 0. The average molecular weight is 268 g/mol. The number of nitro groups is 1. The van der Waals surface area contributed by atoms with E-state index in [1.54, 1.807) is 6.92 Å². The van der Waals surface area contributed by atoms with Crippen LogP contribution in [0.1, 0.15) is 13.3 Å². The Kier molecular flexibility index (Phi) is 5.11. The quantitative estimate of drug-likeness (QED) is 0.580. The number of ether oxygens (including phenoxy) is 1. The third-order valence-corrected chi connectivity index (χ3v) is 2.77. The number of aliphatic carboxylic acids is 1. The first-order chi connectivity index (χ1) is 8.99. The number of carboxylic acids is 1. The van der Waals surface area contributed by atoms with Gasteiger partial charge in [0.25, 0.3) is 0 Å². The zero-order valence-corrected chi connectivity index (χ0v) is 10.8.